The van der Waals surface area contributed by atoms with E-state index >= 15 is 0 Å². The molecular formula is C11H20N4. The van der Waals surface area contributed by atoms with Crippen LogP contribution in [0.1, 0.15) is 37.3 Å². The van der Waals surface area contributed by atoms with E-state index in [1.54, 1.807) is 0 Å². The summed E-state index contributed by atoms with van der Waals surface area (Å²) >= 11 is 0. The first kappa shape index (κ1) is 10.6. The van der Waals surface area contributed by atoms with Gasteiger partial charge in [0.1, 0.15) is 5.82 Å². The molecule has 2 rings (SSSR count). The molecule has 4 heteroatoms. The average Bonchev–Trinajstić information content (AvgIpc) is 2.57. The monoisotopic (exact) mass is 208 g/mol. The molecule has 0 radical (unpaired) electrons. The molecular weight excluding hydrogens is 188 g/mol. The quantitative estimate of drug-likeness (QED) is 0.811. The van der Waals surface area contributed by atoms with Gasteiger partial charge >= 0.3 is 0 Å². The summed E-state index contributed by atoms with van der Waals surface area (Å²) in [6.07, 6.45) is 6.18. The standard InChI is InChI=1S/C11H20N4/c1-9-13-11(14-15(9)2)7-6-10-5-3-4-8-12-10/h10,12H,3-8H2,1-2H3. The molecule has 0 bridgehead atoms. The van der Waals surface area contributed by atoms with Crippen molar-refractivity contribution in [3.8, 4) is 0 Å². The number of aryl methyl sites for hydroxylation is 3. The molecule has 0 amide bonds. The van der Waals surface area contributed by atoms with Crippen molar-refractivity contribution in [3.63, 3.8) is 0 Å². The first-order chi connectivity index (χ1) is 7.25. The second-order valence-corrected chi connectivity index (χ2v) is 4.38. The topological polar surface area (TPSA) is 42.7 Å². The van der Waals surface area contributed by atoms with Crippen molar-refractivity contribution in [2.24, 2.45) is 7.05 Å². The third-order valence-corrected chi connectivity index (χ3v) is 3.15. The van der Waals surface area contributed by atoms with Crippen LogP contribution in [0.25, 0.3) is 0 Å². The van der Waals surface area contributed by atoms with Crippen LogP contribution in [0.3, 0.4) is 0 Å². The minimum Gasteiger partial charge on any atom is -0.314 e. The van der Waals surface area contributed by atoms with Crippen LogP contribution >= 0.6 is 0 Å². The van der Waals surface area contributed by atoms with Crippen LogP contribution in [0.4, 0.5) is 0 Å². The van der Waals surface area contributed by atoms with E-state index < -0.39 is 0 Å². The fourth-order valence-corrected chi connectivity index (χ4v) is 2.11. The molecule has 84 valence electrons. The van der Waals surface area contributed by atoms with E-state index in [2.05, 4.69) is 15.4 Å². The first-order valence-electron chi connectivity index (χ1n) is 5.85. The van der Waals surface area contributed by atoms with E-state index in [9.17, 15) is 0 Å². The van der Waals surface area contributed by atoms with Gasteiger partial charge in [0, 0.05) is 19.5 Å². The number of hydrogen-bond acceptors (Lipinski definition) is 3. The van der Waals surface area contributed by atoms with Gasteiger partial charge < -0.3 is 5.32 Å². The highest BCUT2D eigenvalue weighted by molar-refractivity contribution is 4.91. The minimum atomic E-state index is 0.683. The van der Waals surface area contributed by atoms with Gasteiger partial charge in [-0.1, -0.05) is 6.42 Å². The first-order valence-corrected chi connectivity index (χ1v) is 5.85. The van der Waals surface area contributed by atoms with Crippen molar-refractivity contribution < 1.29 is 0 Å². The van der Waals surface area contributed by atoms with Crippen molar-refractivity contribution in [2.45, 2.75) is 45.1 Å². The van der Waals surface area contributed by atoms with E-state index in [0.717, 1.165) is 18.1 Å². The highest BCUT2D eigenvalue weighted by Crippen LogP contribution is 2.12. The molecule has 2 heterocycles. The van der Waals surface area contributed by atoms with E-state index in [4.69, 9.17) is 0 Å². The summed E-state index contributed by atoms with van der Waals surface area (Å²) in [4.78, 5) is 4.42. The van der Waals surface area contributed by atoms with Crippen molar-refractivity contribution in [2.75, 3.05) is 6.54 Å². The Balaban J connectivity index is 1.81. The zero-order valence-electron chi connectivity index (χ0n) is 9.66. The Hall–Kier alpha value is -0.900. The average molecular weight is 208 g/mol. The maximum absolute atomic E-state index is 4.42. The van der Waals surface area contributed by atoms with Crippen molar-refractivity contribution in [1.29, 1.82) is 0 Å². The van der Waals surface area contributed by atoms with Gasteiger partial charge in [-0.25, -0.2) is 4.98 Å². The van der Waals surface area contributed by atoms with Crippen molar-refractivity contribution in [1.82, 2.24) is 20.1 Å². The largest absolute Gasteiger partial charge is 0.314 e. The third kappa shape index (κ3) is 2.78. The van der Waals surface area contributed by atoms with Crippen LogP contribution in [0.2, 0.25) is 0 Å². The fourth-order valence-electron chi connectivity index (χ4n) is 2.11. The summed E-state index contributed by atoms with van der Waals surface area (Å²) in [5, 5.41) is 7.92. The van der Waals surface area contributed by atoms with Crippen molar-refractivity contribution in [3.05, 3.63) is 11.6 Å². The summed E-state index contributed by atoms with van der Waals surface area (Å²) in [6.45, 7) is 3.18. The lowest BCUT2D eigenvalue weighted by Crippen LogP contribution is -2.34. The van der Waals surface area contributed by atoms with Crippen LogP contribution < -0.4 is 5.32 Å². The zero-order chi connectivity index (χ0) is 10.7. The van der Waals surface area contributed by atoms with Gasteiger partial charge in [0.2, 0.25) is 0 Å². The number of aromatic nitrogens is 3. The molecule has 0 saturated carbocycles. The Labute approximate surface area is 91.1 Å². The van der Waals surface area contributed by atoms with E-state index in [1.165, 1.54) is 32.2 Å². The maximum Gasteiger partial charge on any atom is 0.150 e. The molecule has 0 spiro atoms. The number of rotatable bonds is 3. The highest BCUT2D eigenvalue weighted by atomic mass is 15.3. The number of hydrogen-bond donors (Lipinski definition) is 1. The molecule has 1 N–H and O–H groups in total. The number of nitrogens with one attached hydrogen (secondary N) is 1. The molecule has 1 fully saturated rings. The van der Waals surface area contributed by atoms with Gasteiger partial charge in [-0.2, -0.15) is 5.10 Å². The molecule has 1 saturated heterocycles. The molecule has 4 nitrogen and oxygen atoms in total. The minimum absolute atomic E-state index is 0.683. The highest BCUT2D eigenvalue weighted by Gasteiger charge is 2.13. The van der Waals surface area contributed by atoms with E-state index in [-0.39, 0.29) is 0 Å². The molecule has 1 aliphatic rings. The normalized spacial score (nSPS) is 21.9. The van der Waals surface area contributed by atoms with E-state index in [0.29, 0.717) is 6.04 Å². The number of piperidine rings is 1. The van der Waals surface area contributed by atoms with Crippen LogP contribution in [-0.4, -0.2) is 27.4 Å². The lowest BCUT2D eigenvalue weighted by molar-refractivity contribution is 0.380. The second kappa shape index (κ2) is 4.75. The summed E-state index contributed by atoms with van der Waals surface area (Å²) in [6, 6.07) is 0.683. The van der Waals surface area contributed by atoms with E-state index in [1.807, 2.05) is 18.7 Å². The van der Waals surface area contributed by atoms with Gasteiger partial charge in [0.05, 0.1) is 0 Å². The van der Waals surface area contributed by atoms with Gasteiger partial charge in [0.15, 0.2) is 5.82 Å². The fraction of sp³-hybridized carbons (Fsp3) is 0.818. The Morgan fingerprint density at radius 2 is 2.33 bits per heavy atom. The predicted octanol–water partition coefficient (Wildman–Crippen LogP) is 1.20. The van der Waals surface area contributed by atoms with Gasteiger partial charge in [-0.15, -0.1) is 0 Å². The van der Waals surface area contributed by atoms with Gasteiger partial charge in [-0.3, -0.25) is 4.68 Å². The lowest BCUT2D eigenvalue weighted by Gasteiger charge is -2.22. The van der Waals surface area contributed by atoms with Crippen LogP contribution in [-0.2, 0) is 13.5 Å². The molecule has 0 aromatic carbocycles. The molecule has 1 aromatic heterocycles. The molecule has 0 aliphatic carbocycles. The molecule has 1 unspecified atom stereocenters. The van der Waals surface area contributed by atoms with Gasteiger partial charge in [0.25, 0.3) is 0 Å². The van der Waals surface area contributed by atoms with Gasteiger partial charge in [-0.05, 0) is 32.7 Å². The molecule has 1 atom stereocenters. The molecule has 1 aromatic rings. The Kier molecular flexibility index (Phi) is 3.36. The summed E-state index contributed by atoms with van der Waals surface area (Å²) < 4.78 is 1.85. The Morgan fingerprint density at radius 3 is 2.93 bits per heavy atom. The molecule has 1 aliphatic heterocycles. The molecule has 15 heavy (non-hydrogen) atoms. The Morgan fingerprint density at radius 1 is 1.47 bits per heavy atom. The third-order valence-electron chi connectivity index (χ3n) is 3.15. The predicted molar refractivity (Wildman–Crippen MR) is 59.7 cm³/mol. The Bertz CT molecular complexity index is 293. The second-order valence-electron chi connectivity index (χ2n) is 4.38. The summed E-state index contributed by atoms with van der Waals surface area (Å²) in [7, 11) is 1.95. The lowest BCUT2D eigenvalue weighted by atomic mass is 10.0. The number of nitrogens with zero attached hydrogens (tertiary/aromatic N) is 3. The summed E-state index contributed by atoms with van der Waals surface area (Å²) in [5.41, 5.74) is 0. The van der Waals surface area contributed by atoms with Crippen LogP contribution in [0.5, 0.6) is 0 Å². The SMILES string of the molecule is Cc1nc(CCC2CCCCN2)nn1C. The smallest absolute Gasteiger partial charge is 0.150 e. The maximum atomic E-state index is 4.42. The van der Waals surface area contributed by atoms with Crippen LogP contribution in [0.15, 0.2) is 0 Å². The zero-order valence-corrected chi connectivity index (χ0v) is 9.66. The summed E-state index contributed by atoms with van der Waals surface area (Å²) in [5.74, 6) is 1.99. The van der Waals surface area contributed by atoms with Crippen molar-refractivity contribution >= 4 is 0 Å². The van der Waals surface area contributed by atoms with Crippen LogP contribution in [0, 0.1) is 6.92 Å².